The summed E-state index contributed by atoms with van der Waals surface area (Å²) in [6.45, 7) is 0.491. The van der Waals surface area contributed by atoms with Crippen molar-refractivity contribution in [2.45, 2.75) is 44.4 Å². The maximum absolute atomic E-state index is 13.6. The van der Waals surface area contributed by atoms with E-state index in [2.05, 4.69) is 22.8 Å². The summed E-state index contributed by atoms with van der Waals surface area (Å²) in [5.41, 5.74) is 1.20. The van der Waals surface area contributed by atoms with Gasteiger partial charge in [0.15, 0.2) is 0 Å². The van der Waals surface area contributed by atoms with Gasteiger partial charge in [-0.15, -0.1) is 0 Å². The molecular formula is C23H26F2N2O2. The third-order valence-corrected chi connectivity index (χ3v) is 4.91. The zero-order valence-electron chi connectivity index (χ0n) is 16.2. The summed E-state index contributed by atoms with van der Waals surface area (Å²) in [6, 6.07) is 13.7. The maximum Gasteiger partial charge on any atom is 0.315 e. The number of hydrogen-bond donors (Lipinski definition) is 2. The second-order valence-corrected chi connectivity index (χ2v) is 7.11. The molecule has 29 heavy (non-hydrogen) atoms. The van der Waals surface area contributed by atoms with Crippen LogP contribution in [0.15, 0.2) is 60.7 Å². The normalized spacial score (nSPS) is 18.4. The monoisotopic (exact) mass is 400 g/mol. The molecule has 2 amide bonds. The zero-order chi connectivity index (χ0) is 20.5. The van der Waals surface area contributed by atoms with E-state index >= 15 is 0 Å². The number of carbonyl (C=O) groups excluding carboxylic acids is 1. The lowest BCUT2D eigenvalue weighted by Crippen LogP contribution is -2.43. The number of benzene rings is 2. The number of rotatable bonds is 8. The minimum Gasteiger partial charge on any atom is -0.369 e. The van der Waals surface area contributed by atoms with E-state index in [0.29, 0.717) is 19.4 Å². The van der Waals surface area contributed by atoms with E-state index in [1.54, 1.807) is 0 Å². The summed E-state index contributed by atoms with van der Waals surface area (Å²) >= 11 is 0. The molecule has 0 fully saturated rings. The van der Waals surface area contributed by atoms with Gasteiger partial charge in [0, 0.05) is 18.2 Å². The van der Waals surface area contributed by atoms with E-state index in [-0.39, 0.29) is 30.3 Å². The summed E-state index contributed by atoms with van der Waals surface area (Å²) in [4.78, 5) is 12.0. The first-order valence-electron chi connectivity index (χ1n) is 9.93. The average Bonchev–Trinajstić information content (AvgIpc) is 2.73. The minimum absolute atomic E-state index is 0.0592. The number of ether oxygens (including phenoxy) is 1. The fourth-order valence-corrected chi connectivity index (χ4v) is 3.27. The van der Waals surface area contributed by atoms with Gasteiger partial charge in [0.2, 0.25) is 0 Å². The van der Waals surface area contributed by atoms with Crippen LogP contribution in [0.25, 0.3) is 0 Å². The number of urea groups is 1. The molecule has 0 radical (unpaired) electrons. The standard InChI is InChI=1S/C23H26F2N2O2/c24-21-9-4-10-22(25)20(21)16-29-19-13-11-18(12-14-19)27-23(28)26-15-5-8-17-6-2-1-3-7-17/h1-4,6-7,9-11,13,18-19H,5,8,12,14-16H2,(H2,26,27,28)/t18-,19+/m1/s1. The highest BCUT2D eigenvalue weighted by molar-refractivity contribution is 5.74. The van der Waals surface area contributed by atoms with Crippen LogP contribution in [0.2, 0.25) is 0 Å². The lowest BCUT2D eigenvalue weighted by Gasteiger charge is -2.24. The van der Waals surface area contributed by atoms with E-state index in [4.69, 9.17) is 4.74 Å². The highest BCUT2D eigenvalue weighted by Gasteiger charge is 2.19. The van der Waals surface area contributed by atoms with Gasteiger partial charge >= 0.3 is 6.03 Å². The lowest BCUT2D eigenvalue weighted by atomic mass is 10.0. The molecule has 1 aliphatic rings. The Morgan fingerprint density at radius 3 is 2.45 bits per heavy atom. The van der Waals surface area contributed by atoms with E-state index in [1.165, 1.54) is 23.8 Å². The van der Waals surface area contributed by atoms with Crippen LogP contribution < -0.4 is 10.6 Å². The smallest absolute Gasteiger partial charge is 0.315 e. The number of nitrogens with one attached hydrogen (secondary N) is 2. The predicted molar refractivity (Wildman–Crippen MR) is 108 cm³/mol. The molecule has 3 rings (SSSR count). The molecule has 0 saturated heterocycles. The Morgan fingerprint density at radius 1 is 1.00 bits per heavy atom. The van der Waals surface area contributed by atoms with Gasteiger partial charge in [-0.1, -0.05) is 48.6 Å². The van der Waals surface area contributed by atoms with Crippen LogP contribution in [0.5, 0.6) is 0 Å². The molecule has 0 aromatic heterocycles. The molecule has 1 aliphatic carbocycles. The highest BCUT2D eigenvalue weighted by Crippen LogP contribution is 2.19. The van der Waals surface area contributed by atoms with Crippen LogP contribution in [-0.4, -0.2) is 24.7 Å². The van der Waals surface area contributed by atoms with Crippen molar-refractivity contribution >= 4 is 6.03 Å². The quantitative estimate of drug-likeness (QED) is 0.506. The molecule has 6 heteroatoms. The van der Waals surface area contributed by atoms with Gasteiger partial charge in [-0.3, -0.25) is 0 Å². The SMILES string of the molecule is O=C(NCCCc1ccccc1)N[C@@H]1C=C[C@H](OCc2c(F)cccc2F)CC1. The molecule has 154 valence electrons. The predicted octanol–water partition coefficient (Wildman–Crippen LogP) is 4.50. The summed E-state index contributed by atoms with van der Waals surface area (Å²) in [5, 5.41) is 5.79. The molecule has 0 aliphatic heterocycles. The van der Waals surface area contributed by atoms with Gasteiger partial charge in [-0.2, -0.15) is 0 Å². The Bertz CT molecular complexity index is 807. The van der Waals surface area contributed by atoms with Crippen LogP contribution in [0.4, 0.5) is 13.6 Å². The zero-order valence-corrected chi connectivity index (χ0v) is 16.2. The molecule has 4 nitrogen and oxygen atoms in total. The summed E-state index contributed by atoms with van der Waals surface area (Å²) < 4.78 is 32.9. The minimum atomic E-state index is -0.603. The lowest BCUT2D eigenvalue weighted by molar-refractivity contribution is 0.0571. The molecule has 0 spiro atoms. The van der Waals surface area contributed by atoms with Crippen molar-refractivity contribution in [1.29, 1.82) is 0 Å². The fraction of sp³-hybridized carbons (Fsp3) is 0.348. The van der Waals surface area contributed by atoms with Gasteiger partial charge in [0.1, 0.15) is 11.6 Å². The van der Waals surface area contributed by atoms with Crippen molar-refractivity contribution in [1.82, 2.24) is 10.6 Å². The van der Waals surface area contributed by atoms with Crippen molar-refractivity contribution in [2.75, 3.05) is 6.54 Å². The molecule has 0 heterocycles. The molecule has 0 bridgehead atoms. The highest BCUT2D eigenvalue weighted by atomic mass is 19.1. The van der Waals surface area contributed by atoms with Crippen molar-refractivity contribution in [3.05, 3.63) is 83.4 Å². The first-order chi connectivity index (χ1) is 14.1. The van der Waals surface area contributed by atoms with Gasteiger partial charge in [-0.05, 0) is 43.4 Å². The average molecular weight is 400 g/mol. The molecular weight excluding hydrogens is 374 g/mol. The molecule has 2 aromatic rings. The Labute approximate surface area is 170 Å². The second-order valence-electron chi connectivity index (χ2n) is 7.11. The fourth-order valence-electron chi connectivity index (χ4n) is 3.27. The van der Waals surface area contributed by atoms with Crippen LogP contribution >= 0.6 is 0 Å². The van der Waals surface area contributed by atoms with E-state index in [9.17, 15) is 13.6 Å². The van der Waals surface area contributed by atoms with Gasteiger partial charge in [0.25, 0.3) is 0 Å². The van der Waals surface area contributed by atoms with Crippen molar-refractivity contribution in [3.63, 3.8) is 0 Å². The van der Waals surface area contributed by atoms with Gasteiger partial charge < -0.3 is 15.4 Å². The Morgan fingerprint density at radius 2 is 1.76 bits per heavy atom. The first kappa shape index (κ1) is 21.0. The van der Waals surface area contributed by atoms with Gasteiger partial charge in [0.05, 0.1) is 12.7 Å². The van der Waals surface area contributed by atoms with Crippen LogP contribution in [0.3, 0.4) is 0 Å². The number of carbonyl (C=O) groups is 1. The third kappa shape index (κ3) is 6.68. The number of aryl methyl sites for hydroxylation is 1. The van der Waals surface area contributed by atoms with Crippen molar-refractivity contribution < 1.29 is 18.3 Å². The van der Waals surface area contributed by atoms with Crippen molar-refractivity contribution in [2.24, 2.45) is 0 Å². The topological polar surface area (TPSA) is 50.4 Å². The maximum atomic E-state index is 13.6. The summed E-state index contributed by atoms with van der Waals surface area (Å²) in [5.74, 6) is -1.21. The van der Waals surface area contributed by atoms with Crippen LogP contribution in [-0.2, 0) is 17.8 Å². The Hall–Kier alpha value is -2.73. The molecule has 0 saturated carbocycles. The number of amides is 2. The number of halogens is 2. The van der Waals surface area contributed by atoms with E-state index < -0.39 is 11.6 Å². The largest absolute Gasteiger partial charge is 0.369 e. The third-order valence-electron chi connectivity index (χ3n) is 4.91. The van der Waals surface area contributed by atoms with E-state index in [0.717, 1.165) is 12.8 Å². The van der Waals surface area contributed by atoms with Gasteiger partial charge in [-0.25, -0.2) is 13.6 Å². The Kier molecular flexibility index (Phi) is 7.76. The van der Waals surface area contributed by atoms with Crippen LogP contribution in [0.1, 0.15) is 30.4 Å². The first-order valence-corrected chi connectivity index (χ1v) is 9.93. The summed E-state index contributed by atoms with van der Waals surface area (Å²) in [7, 11) is 0. The Balaban J connectivity index is 1.34. The molecule has 2 N–H and O–H groups in total. The van der Waals surface area contributed by atoms with Crippen molar-refractivity contribution in [3.8, 4) is 0 Å². The van der Waals surface area contributed by atoms with Crippen LogP contribution in [0, 0.1) is 11.6 Å². The number of hydrogen-bond acceptors (Lipinski definition) is 2. The second kappa shape index (κ2) is 10.7. The summed E-state index contributed by atoms with van der Waals surface area (Å²) in [6.07, 6.45) is 6.66. The van der Waals surface area contributed by atoms with E-state index in [1.807, 2.05) is 30.4 Å². The molecule has 2 atom stereocenters. The molecule has 2 aromatic carbocycles. The molecule has 0 unspecified atom stereocenters.